The molecule has 0 spiro atoms. The number of hydrogen-bond donors (Lipinski definition) is 2. The Morgan fingerprint density at radius 2 is 1.87 bits per heavy atom. The van der Waals surface area contributed by atoms with Gasteiger partial charge in [0.15, 0.2) is 0 Å². The quantitative estimate of drug-likeness (QED) is 0.758. The van der Waals surface area contributed by atoms with Gasteiger partial charge < -0.3 is 10.8 Å². The molecular weight excluding hydrogens is 288 g/mol. The fourth-order valence-electron chi connectivity index (χ4n) is 2.64. The Morgan fingerprint density at radius 1 is 1.17 bits per heavy atom. The van der Waals surface area contributed by atoms with E-state index in [1.54, 1.807) is 12.1 Å². The predicted molar refractivity (Wildman–Crippen MR) is 92.8 cm³/mol. The van der Waals surface area contributed by atoms with E-state index >= 15 is 0 Å². The number of pyridine rings is 1. The number of anilines is 1. The highest BCUT2D eigenvalue weighted by molar-refractivity contribution is 5.87. The summed E-state index contributed by atoms with van der Waals surface area (Å²) in [5, 5.41) is 8.96. The first-order valence-corrected chi connectivity index (χ1v) is 8.08. The van der Waals surface area contributed by atoms with Crippen molar-refractivity contribution in [2.75, 3.05) is 5.73 Å². The van der Waals surface area contributed by atoms with Crippen LogP contribution in [0, 0.1) is 6.92 Å². The van der Waals surface area contributed by atoms with E-state index in [0.29, 0.717) is 11.4 Å². The summed E-state index contributed by atoms with van der Waals surface area (Å²) in [6.45, 7) is 4.15. The minimum atomic E-state index is -0.903. The first kappa shape index (κ1) is 17.0. The number of hydrogen-bond acceptors (Lipinski definition) is 3. The summed E-state index contributed by atoms with van der Waals surface area (Å²) in [6.07, 6.45) is 5.19. The third kappa shape index (κ3) is 4.55. The van der Waals surface area contributed by atoms with Gasteiger partial charge in [-0.3, -0.25) is 0 Å². The maximum absolute atomic E-state index is 10.9. The minimum absolute atomic E-state index is 0.307. The third-order valence-electron chi connectivity index (χ3n) is 4.08. The molecule has 0 amide bonds. The average molecular weight is 312 g/mol. The summed E-state index contributed by atoms with van der Waals surface area (Å²) in [4.78, 5) is 15.4. The van der Waals surface area contributed by atoms with Crippen LogP contribution < -0.4 is 5.73 Å². The van der Waals surface area contributed by atoms with Crippen molar-refractivity contribution in [3.8, 4) is 0 Å². The van der Waals surface area contributed by atoms with E-state index < -0.39 is 5.97 Å². The van der Waals surface area contributed by atoms with E-state index in [1.165, 1.54) is 12.8 Å². The molecule has 4 heteroatoms. The molecule has 4 nitrogen and oxygen atoms in total. The number of unbranched alkanes of at least 4 members (excludes halogenated alkanes) is 2. The Balaban J connectivity index is 2.18. The van der Waals surface area contributed by atoms with Crippen LogP contribution in [0.4, 0.5) is 5.82 Å². The molecule has 0 aliphatic heterocycles. The van der Waals surface area contributed by atoms with Crippen LogP contribution in [0.1, 0.15) is 58.9 Å². The number of aryl methyl sites for hydroxylation is 2. The molecule has 0 fully saturated rings. The zero-order valence-corrected chi connectivity index (χ0v) is 13.8. The van der Waals surface area contributed by atoms with Crippen molar-refractivity contribution in [2.24, 2.45) is 0 Å². The normalized spacial score (nSPS) is 10.7. The van der Waals surface area contributed by atoms with Crippen molar-refractivity contribution < 1.29 is 9.90 Å². The molecule has 0 aliphatic carbocycles. The van der Waals surface area contributed by atoms with E-state index in [0.717, 1.165) is 41.6 Å². The lowest BCUT2D eigenvalue weighted by Crippen LogP contribution is -2.04. The van der Waals surface area contributed by atoms with Gasteiger partial charge in [0.1, 0.15) is 5.82 Å². The molecule has 0 radical (unpaired) electrons. The molecule has 122 valence electrons. The van der Waals surface area contributed by atoms with Crippen LogP contribution in [0.25, 0.3) is 0 Å². The molecule has 0 unspecified atom stereocenters. The highest BCUT2D eigenvalue weighted by Crippen LogP contribution is 2.20. The van der Waals surface area contributed by atoms with Gasteiger partial charge in [0.05, 0.1) is 5.56 Å². The lowest BCUT2D eigenvalue weighted by molar-refractivity contribution is 0.0697. The van der Waals surface area contributed by atoms with E-state index in [1.807, 2.05) is 19.1 Å². The monoisotopic (exact) mass is 312 g/mol. The summed E-state index contributed by atoms with van der Waals surface area (Å²) < 4.78 is 0. The van der Waals surface area contributed by atoms with Crippen LogP contribution in [0.5, 0.6) is 0 Å². The first-order valence-electron chi connectivity index (χ1n) is 8.08. The zero-order chi connectivity index (χ0) is 16.8. The van der Waals surface area contributed by atoms with E-state index in [2.05, 4.69) is 18.0 Å². The summed E-state index contributed by atoms with van der Waals surface area (Å²) in [6, 6.07) is 9.14. The van der Waals surface area contributed by atoms with Crippen LogP contribution in [-0.2, 0) is 12.8 Å². The molecular formula is C19H24N2O2. The number of carbonyl (C=O) groups is 1. The fourth-order valence-corrected chi connectivity index (χ4v) is 2.64. The molecule has 0 bridgehead atoms. The van der Waals surface area contributed by atoms with Crippen LogP contribution in [0.2, 0.25) is 0 Å². The number of carboxylic acid groups (broad SMARTS) is 1. The highest BCUT2D eigenvalue weighted by Gasteiger charge is 2.09. The number of aromatic carboxylic acids is 1. The SMILES string of the molecule is CCCCCc1cc(Cc2ccc(C(=O)O)cc2)c(C)nc1N. The summed E-state index contributed by atoms with van der Waals surface area (Å²) in [5.41, 5.74) is 10.6. The molecule has 0 saturated carbocycles. The van der Waals surface area contributed by atoms with Crippen molar-refractivity contribution in [1.82, 2.24) is 4.98 Å². The number of nitrogens with zero attached hydrogens (tertiary/aromatic N) is 1. The molecule has 0 atom stereocenters. The van der Waals surface area contributed by atoms with Gasteiger partial charge in [-0.1, -0.05) is 38.0 Å². The number of nitrogen functional groups attached to an aromatic ring is 1. The summed E-state index contributed by atoms with van der Waals surface area (Å²) in [5.74, 6) is -0.274. The fraction of sp³-hybridized carbons (Fsp3) is 0.368. The maximum atomic E-state index is 10.9. The van der Waals surface area contributed by atoms with Gasteiger partial charge >= 0.3 is 5.97 Å². The van der Waals surface area contributed by atoms with Crippen LogP contribution >= 0.6 is 0 Å². The number of rotatable bonds is 7. The van der Waals surface area contributed by atoms with Crippen LogP contribution in [-0.4, -0.2) is 16.1 Å². The van der Waals surface area contributed by atoms with Crippen molar-refractivity contribution in [1.29, 1.82) is 0 Å². The van der Waals surface area contributed by atoms with Crippen molar-refractivity contribution >= 4 is 11.8 Å². The molecule has 2 aromatic rings. The second-order valence-electron chi connectivity index (χ2n) is 5.91. The van der Waals surface area contributed by atoms with Gasteiger partial charge in [-0.25, -0.2) is 9.78 Å². The van der Waals surface area contributed by atoms with Crippen molar-refractivity contribution in [2.45, 2.75) is 46.0 Å². The van der Waals surface area contributed by atoms with Crippen molar-refractivity contribution in [3.63, 3.8) is 0 Å². The highest BCUT2D eigenvalue weighted by atomic mass is 16.4. The Kier molecular flexibility index (Phi) is 5.74. The van der Waals surface area contributed by atoms with Gasteiger partial charge in [-0.2, -0.15) is 0 Å². The second-order valence-corrected chi connectivity index (χ2v) is 5.91. The maximum Gasteiger partial charge on any atom is 0.335 e. The van der Waals surface area contributed by atoms with E-state index in [4.69, 9.17) is 10.8 Å². The number of nitrogens with two attached hydrogens (primary N) is 1. The molecule has 2 rings (SSSR count). The third-order valence-corrected chi connectivity index (χ3v) is 4.08. The molecule has 1 heterocycles. The van der Waals surface area contributed by atoms with Crippen molar-refractivity contribution in [3.05, 3.63) is 58.3 Å². The van der Waals surface area contributed by atoms with Gasteiger partial charge in [-0.05, 0) is 55.0 Å². The Morgan fingerprint density at radius 3 is 2.48 bits per heavy atom. The Bertz CT molecular complexity index is 679. The first-order chi connectivity index (χ1) is 11.0. The smallest absolute Gasteiger partial charge is 0.335 e. The van der Waals surface area contributed by atoms with Crippen LogP contribution in [0.3, 0.4) is 0 Å². The van der Waals surface area contributed by atoms with Gasteiger partial charge in [0, 0.05) is 5.69 Å². The molecule has 1 aromatic heterocycles. The second kappa shape index (κ2) is 7.77. The number of aromatic nitrogens is 1. The largest absolute Gasteiger partial charge is 0.478 e. The predicted octanol–water partition coefficient (Wildman–Crippen LogP) is 3.99. The molecule has 23 heavy (non-hydrogen) atoms. The van der Waals surface area contributed by atoms with Gasteiger partial charge in [0.2, 0.25) is 0 Å². The average Bonchev–Trinajstić information content (AvgIpc) is 2.52. The van der Waals surface area contributed by atoms with E-state index in [-0.39, 0.29) is 0 Å². The van der Waals surface area contributed by atoms with Gasteiger partial charge in [0.25, 0.3) is 0 Å². The Hall–Kier alpha value is -2.36. The molecule has 1 aromatic carbocycles. The standard InChI is InChI=1S/C19H24N2O2/c1-3-4-5-6-16-12-17(13(2)21-18(16)20)11-14-7-9-15(10-8-14)19(22)23/h7-10,12H,3-6,11H2,1-2H3,(H2,20,21)(H,22,23). The molecule has 0 saturated heterocycles. The minimum Gasteiger partial charge on any atom is -0.478 e. The number of carboxylic acids is 1. The lowest BCUT2D eigenvalue weighted by atomic mass is 9.99. The van der Waals surface area contributed by atoms with Gasteiger partial charge in [-0.15, -0.1) is 0 Å². The topological polar surface area (TPSA) is 76.2 Å². The summed E-state index contributed by atoms with van der Waals surface area (Å²) >= 11 is 0. The van der Waals surface area contributed by atoms with E-state index in [9.17, 15) is 4.79 Å². The Labute approximate surface area is 137 Å². The number of benzene rings is 1. The lowest BCUT2D eigenvalue weighted by Gasteiger charge is -2.11. The summed E-state index contributed by atoms with van der Waals surface area (Å²) in [7, 11) is 0. The molecule has 3 N–H and O–H groups in total. The molecule has 0 aliphatic rings. The zero-order valence-electron chi connectivity index (χ0n) is 13.8. The van der Waals surface area contributed by atoms with Crippen LogP contribution in [0.15, 0.2) is 30.3 Å².